The number of aryl methyl sites for hydroxylation is 1. The van der Waals surface area contributed by atoms with Gasteiger partial charge in [0.2, 0.25) is 0 Å². The molecule has 0 atom stereocenters. The van der Waals surface area contributed by atoms with Gasteiger partial charge in [-0.3, -0.25) is 9.48 Å². The molecule has 2 aromatic rings. The number of nitrogens with zero attached hydrogens (tertiary/aromatic N) is 2. The molecule has 1 heterocycles. The van der Waals surface area contributed by atoms with Crippen molar-refractivity contribution in [3.05, 3.63) is 41.8 Å². The van der Waals surface area contributed by atoms with Crippen molar-refractivity contribution >= 4 is 6.29 Å². The van der Waals surface area contributed by atoms with E-state index in [1.54, 1.807) is 16.9 Å². The molecule has 0 fully saturated rings. The van der Waals surface area contributed by atoms with Crippen LogP contribution >= 0.6 is 0 Å². The molecule has 0 radical (unpaired) electrons. The molecule has 0 aliphatic carbocycles. The lowest BCUT2D eigenvalue weighted by atomic mass is 10.1. The van der Waals surface area contributed by atoms with Crippen LogP contribution in [0.15, 0.2) is 30.5 Å². The van der Waals surface area contributed by atoms with Crippen LogP contribution in [0.5, 0.6) is 0 Å². The van der Waals surface area contributed by atoms with Gasteiger partial charge in [-0.05, 0) is 31.2 Å². The van der Waals surface area contributed by atoms with Gasteiger partial charge in [-0.1, -0.05) is 0 Å². The number of hydrogen-bond donors (Lipinski definition) is 0. The summed E-state index contributed by atoms with van der Waals surface area (Å²) in [4.78, 5) is 10.6. The molecule has 82 valence electrons. The van der Waals surface area contributed by atoms with Crippen LogP contribution in [-0.2, 0) is 6.54 Å². The largest absolute Gasteiger partial charge is 0.298 e. The average molecular weight is 218 g/mol. The van der Waals surface area contributed by atoms with Crippen molar-refractivity contribution in [2.45, 2.75) is 13.5 Å². The van der Waals surface area contributed by atoms with Crippen LogP contribution in [-0.4, -0.2) is 16.1 Å². The zero-order valence-electron chi connectivity index (χ0n) is 8.85. The van der Waals surface area contributed by atoms with Gasteiger partial charge in [-0.15, -0.1) is 0 Å². The quantitative estimate of drug-likeness (QED) is 0.742. The highest BCUT2D eigenvalue weighted by Crippen LogP contribution is 2.23. The lowest BCUT2D eigenvalue weighted by Crippen LogP contribution is -2.00. The van der Waals surface area contributed by atoms with Crippen LogP contribution in [0.2, 0.25) is 0 Å². The molecule has 0 N–H and O–H groups in total. The monoisotopic (exact) mass is 218 g/mol. The Labute approximate surface area is 92.5 Å². The molecule has 0 unspecified atom stereocenters. The highest BCUT2D eigenvalue weighted by atomic mass is 19.1. The van der Waals surface area contributed by atoms with Crippen LogP contribution in [0.4, 0.5) is 4.39 Å². The molecule has 16 heavy (non-hydrogen) atoms. The fourth-order valence-electron chi connectivity index (χ4n) is 1.63. The predicted octanol–water partition coefficient (Wildman–Crippen LogP) is 2.52. The van der Waals surface area contributed by atoms with Gasteiger partial charge in [0.15, 0.2) is 0 Å². The Morgan fingerprint density at radius 2 is 2.25 bits per heavy atom. The summed E-state index contributed by atoms with van der Waals surface area (Å²) in [6.45, 7) is 2.59. The zero-order valence-corrected chi connectivity index (χ0v) is 8.85. The van der Waals surface area contributed by atoms with E-state index < -0.39 is 0 Å². The van der Waals surface area contributed by atoms with E-state index in [0.29, 0.717) is 29.7 Å². The molecule has 0 bridgehead atoms. The maximum atomic E-state index is 13.6. The van der Waals surface area contributed by atoms with E-state index in [2.05, 4.69) is 5.10 Å². The second-order valence-electron chi connectivity index (χ2n) is 3.39. The van der Waals surface area contributed by atoms with Crippen molar-refractivity contribution in [1.29, 1.82) is 0 Å². The molecule has 1 aromatic heterocycles. The van der Waals surface area contributed by atoms with Crippen molar-refractivity contribution < 1.29 is 9.18 Å². The molecular weight excluding hydrogens is 207 g/mol. The molecule has 3 nitrogen and oxygen atoms in total. The van der Waals surface area contributed by atoms with Crippen molar-refractivity contribution in [1.82, 2.24) is 9.78 Å². The Hall–Kier alpha value is -1.97. The summed E-state index contributed by atoms with van der Waals surface area (Å²) in [5.74, 6) is -0.346. The number of halogens is 1. The Morgan fingerprint density at radius 1 is 1.44 bits per heavy atom. The van der Waals surface area contributed by atoms with Gasteiger partial charge in [-0.2, -0.15) is 5.10 Å². The molecule has 0 aliphatic heterocycles. The molecular formula is C12H11FN2O. The van der Waals surface area contributed by atoms with Crippen molar-refractivity contribution in [2.24, 2.45) is 0 Å². The highest BCUT2D eigenvalue weighted by Gasteiger charge is 2.10. The second-order valence-corrected chi connectivity index (χ2v) is 3.39. The minimum atomic E-state index is -0.346. The van der Waals surface area contributed by atoms with Crippen LogP contribution in [0.25, 0.3) is 11.3 Å². The van der Waals surface area contributed by atoms with E-state index >= 15 is 0 Å². The number of carbonyl (C=O) groups excluding carboxylic acids is 1. The summed E-state index contributed by atoms with van der Waals surface area (Å²) in [6, 6.07) is 6.02. The van der Waals surface area contributed by atoms with Gasteiger partial charge >= 0.3 is 0 Å². The summed E-state index contributed by atoms with van der Waals surface area (Å²) in [6.07, 6.45) is 2.32. The van der Waals surface area contributed by atoms with Crippen LogP contribution in [0.1, 0.15) is 17.3 Å². The Balaban J connectivity index is 2.58. The molecule has 4 heteroatoms. The molecule has 0 aliphatic rings. The SMILES string of the molecule is CCn1nccc1-c1cc(C=O)ccc1F. The lowest BCUT2D eigenvalue weighted by molar-refractivity contribution is 0.112. The summed E-state index contributed by atoms with van der Waals surface area (Å²) in [5, 5.41) is 4.07. The van der Waals surface area contributed by atoms with Crippen LogP contribution in [0.3, 0.4) is 0 Å². The molecule has 0 saturated carbocycles. The number of hydrogen-bond acceptors (Lipinski definition) is 2. The third kappa shape index (κ3) is 1.74. The second kappa shape index (κ2) is 4.26. The summed E-state index contributed by atoms with van der Waals surface area (Å²) >= 11 is 0. The maximum Gasteiger partial charge on any atom is 0.150 e. The third-order valence-corrected chi connectivity index (χ3v) is 2.42. The minimum absolute atomic E-state index is 0.346. The molecule has 0 amide bonds. The van der Waals surface area contributed by atoms with Crippen molar-refractivity contribution in [2.75, 3.05) is 0 Å². The zero-order chi connectivity index (χ0) is 11.5. The first kappa shape index (κ1) is 10.5. The van der Waals surface area contributed by atoms with Gasteiger partial charge in [0.1, 0.15) is 12.1 Å². The number of benzene rings is 1. The fraction of sp³-hybridized carbons (Fsp3) is 0.167. The summed E-state index contributed by atoms with van der Waals surface area (Å²) in [7, 11) is 0. The maximum absolute atomic E-state index is 13.6. The number of aldehydes is 1. The van der Waals surface area contributed by atoms with Crippen molar-refractivity contribution in [3.63, 3.8) is 0 Å². The van der Waals surface area contributed by atoms with E-state index in [9.17, 15) is 9.18 Å². The van der Waals surface area contributed by atoms with Gasteiger partial charge < -0.3 is 0 Å². The fourth-order valence-corrected chi connectivity index (χ4v) is 1.63. The van der Waals surface area contributed by atoms with E-state index in [1.165, 1.54) is 18.2 Å². The summed E-state index contributed by atoms with van der Waals surface area (Å²) in [5.41, 5.74) is 1.55. The Morgan fingerprint density at radius 3 is 2.94 bits per heavy atom. The predicted molar refractivity (Wildman–Crippen MR) is 58.7 cm³/mol. The smallest absolute Gasteiger partial charge is 0.150 e. The standard InChI is InChI=1S/C12H11FN2O/c1-2-15-12(5-6-14-15)10-7-9(8-16)3-4-11(10)13/h3-8H,2H2,1H3. The van der Waals surface area contributed by atoms with Gasteiger partial charge in [0.25, 0.3) is 0 Å². The highest BCUT2D eigenvalue weighted by molar-refractivity contribution is 5.78. The molecule has 0 saturated heterocycles. The van der Waals surface area contributed by atoms with Gasteiger partial charge in [0.05, 0.1) is 5.69 Å². The molecule has 1 aromatic carbocycles. The Kier molecular flexibility index (Phi) is 2.81. The summed E-state index contributed by atoms with van der Waals surface area (Å²) < 4.78 is 15.3. The Bertz CT molecular complexity index is 519. The van der Waals surface area contributed by atoms with Crippen molar-refractivity contribution in [3.8, 4) is 11.3 Å². The van der Waals surface area contributed by atoms with Gasteiger partial charge in [-0.25, -0.2) is 4.39 Å². The van der Waals surface area contributed by atoms with E-state index in [1.807, 2.05) is 6.92 Å². The van der Waals surface area contributed by atoms with Gasteiger partial charge in [0, 0.05) is 23.9 Å². The normalized spacial score (nSPS) is 10.4. The minimum Gasteiger partial charge on any atom is -0.298 e. The van der Waals surface area contributed by atoms with Crippen LogP contribution in [0, 0.1) is 5.82 Å². The number of carbonyl (C=O) groups is 1. The molecule has 0 spiro atoms. The van der Waals surface area contributed by atoms with E-state index in [-0.39, 0.29) is 5.82 Å². The number of rotatable bonds is 3. The molecule has 2 rings (SSSR count). The first-order chi connectivity index (χ1) is 7.76. The first-order valence-corrected chi connectivity index (χ1v) is 5.03. The number of aromatic nitrogens is 2. The van der Waals surface area contributed by atoms with E-state index in [4.69, 9.17) is 0 Å². The van der Waals surface area contributed by atoms with E-state index in [0.717, 1.165) is 0 Å². The topological polar surface area (TPSA) is 34.9 Å². The lowest BCUT2D eigenvalue weighted by Gasteiger charge is -2.06. The van der Waals surface area contributed by atoms with Crippen LogP contribution < -0.4 is 0 Å². The first-order valence-electron chi connectivity index (χ1n) is 5.03. The average Bonchev–Trinajstić information content (AvgIpc) is 2.77. The third-order valence-electron chi connectivity index (χ3n) is 2.42.